The number of aromatic nitrogens is 12. The number of nitrogens with zero attached hydrogens (tertiary/aromatic N) is 12. The Kier molecular flexibility index (Phi) is 22.1. The van der Waals surface area contributed by atoms with Gasteiger partial charge in [0, 0.05) is 171 Å². The van der Waals surface area contributed by atoms with Crippen molar-refractivity contribution in [1.82, 2.24) is 56.9 Å². The Bertz CT molecular complexity index is 6620. The third-order valence-corrected chi connectivity index (χ3v) is 20.8. The Morgan fingerprint density at radius 3 is 1.64 bits per heavy atom. The van der Waals surface area contributed by atoms with Gasteiger partial charge in [0.1, 0.15) is 0 Å². The van der Waals surface area contributed by atoms with Crippen LogP contribution in [-0.4, -0.2) is 72.1 Å². The maximum Gasteiger partial charge on any atom is 0.221 e. The molecular weight excluding hydrogens is 2190 g/mol. The quantitative estimate of drug-likeness (QED) is 0.0974. The molecule has 9 aromatic carbocycles. The van der Waals surface area contributed by atoms with E-state index in [1.807, 2.05) is 102 Å². The molecule has 0 saturated carbocycles. The molecule has 13 nitrogen and oxygen atoms in total. The Hall–Kier alpha value is -9.15. The molecule has 0 amide bonds. The van der Waals surface area contributed by atoms with E-state index in [-0.39, 0.29) is 101 Å². The first-order valence-corrected chi connectivity index (χ1v) is 36.6. The van der Waals surface area contributed by atoms with Crippen LogP contribution < -0.4 is 9.92 Å². The minimum absolute atomic E-state index is 0. The van der Waals surface area contributed by atoms with Crippen molar-refractivity contribution >= 4 is 161 Å². The molecule has 0 unspecified atom stereocenters. The number of methoxy groups -OCH3 is 1. The van der Waals surface area contributed by atoms with E-state index in [1.54, 1.807) is 25.7 Å². The number of ether oxygens (including phenoxy) is 1. The van der Waals surface area contributed by atoms with Crippen LogP contribution in [0.1, 0.15) is 31.0 Å². The number of para-hydroxylation sites is 3. The predicted octanol–water partition coefficient (Wildman–Crippen LogP) is 19.1. The maximum absolute atomic E-state index is 5.25. The number of pyridine rings is 7. The minimum Gasteiger partial charge on any atom is -0.480 e. The normalized spacial score (nSPS) is 11.3. The summed E-state index contributed by atoms with van der Waals surface area (Å²) in [4.78, 5) is 31.5. The Morgan fingerprint density at radius 1 is 0.423 bits per heavy atom. The molecule has 12 aromatic heterocycles. The van der Waals surface area contributed by atoms with Gasteiger partial charge in [0.05, 0.1) is 61.2 Å². The monoisotopic (exact) mass is 2260 g/mol. The Morgan fingerprint density at radius 2 is 0.971 bits per heavy atom. The molecule has 0 fully saturated rings. The summed E-state index contributed by atoms with van der Waals surface area (Å²) in [5, 5.41) is 19.0. The summed E-state index contributed by atoms with van der Waals surface area (Å²) in [6, 6.07) is 82.3. The van der Waals surface area contributed by atoms with Crippen LogP contribution in [0.15, 0.2) is 250 Å². The SMILES string of the molecule is CC(C)c1ccc2c(c1)c1ccc[c-]c1c1nc3ccncc3n21.COc1cn2c3ccccc3c3ccc[c-]c3c2n1.C[Si](C)(C)c1cccc2c3ccc[c-]c3c3nccn3c12.Cc1cnc2c3[c-]cccc3c3ccccc3n12.[Ir].[Ir].[Ir].[Ir].[Ir].[c-]1cnc2c3ccccc3c3cccnc3n12. The van der Waals surface area contributed by atoms with Crippen LogP contribution >= 0.6 is 0 Å². The molecule has 0 bridgehead atoms. The third kappa shape index (κ3) is 13.0. The van der Waals surface area contributed by atoms with Gasteiger partial charge in [-0.2, -0.15) is 0 Å². The molecule has 0 saturated heterocycles. The summed E-state index contributed by atoms with van der Waals surface area (Å²) in [5.74, 6) is 1.11. The van der Waals surface area contributed by atoms with Crippen molar-refractivity contribution in [1.29, 1.82) is 0 Å². The van der Waals surface area contributed by atoms with Gasteiger partial charge in [-0.25, -0.2) is 4.98 Å². The zero-order valence-electron chi connectivity index (χ0n) is 57.2. The maximum atomic E-state index is 5.25. The molecule has 0 aliphatic heterocycles. The van der Waals surface area contributed by atoms with Crippen molar-refractivity contribution < 1.29 is 105 Å². The Labute approximate surface area is 667 Å². The van der Waals surface area contributed by atoms with Gasteiger partial charge in [-0.1, -0.05) is 158 Å². The number of fused-ring (bicyclic) bond motifs is 32. The number of imidazole rings is 5. The molecule has 0 aliphatic rings. The smallest absolute Gasteiger partial charge is 0.221 e. The van der Waals surface area contributed by atoms with Crippen LogP contribution in [0.3, 0.4) is 0 Å². The van der Waals surface area contributed by atoms with Crippen LogP contribution in [0, 0.1) is 37.4 Å². The first kappa shape index (κ1) is 74.6. The van der Waals surface area contributed by atoms with Crippen molar-refractivity contribution in [3.8, 4) is 5.88 Å². The summed E-state index contributed by atoms with van der Waals surface area (Å²) in [6.07, 6.45) is 18.1. The third-order valence-electron chi connectivity index (χ3n) is 18.8. The van der Waals surface area contributed by atoms with Crippen molar-refractivity contribution in [2.45, 2.75) is 46.3 Å². The molecule has 523 valence electrons. The largest absolute Gasteiger partial charge is 0.480 e. The fourth-order valence-electron chi connectivity index (χ4n) is 14.2. The van der Waals surface area contributed by atoms with E-state index in [0.717, 1.165) is 94.0 Å². The van der Waals surface area contributed by atoms with Gasteiger partial charge in [0.15, 0.2) is 0 Å². The van der Waals surface area contributed by atoms with Gasteiger partial charge >= 0.3 is 0 Å². The van der Waals surface area contributed by atoms with Crippen LogP contribution in [0.2, 0.25) is 19.6 Å². The van der Waals surface area contributed by atoms with Gasteiger partial charge in [-0.05, 0) is 97.8 Å². The predicted molar refractivity (Wildman–Crippen MR) is 407 cm³/mol. The van der Waals surface area contributed by atoms with E-state index >= 15 is 0 Å². The number of hydrogen-bond acceptors (Lipinski definition) is 8. The van der Waals surface area contributed by atoms with Crippen LogP contribution in [-0.2, 0) is 101 Å². The summed E-state index contributed by atoms with van der Waals surface area (Å²) in [7, 11) is 0.200. The van der Waals surface area contributed by atoms with E-state index in [4.69, 9.17) is 9.72 Å². The second kappa shape index (κ2) is 30.9. The molecule has 5 radical (unpaired) electrons. The van der Waals surface area contributed by atoms with Crippen molar-refractivity contribution in [3.05, 3.63) is 291 Å². The zero-order valence-corrected chi connectivity index (χ0v) is 70.2. The van der Waals surface area contributed by atoms with Gasteiger partial charge in [0.2, 0.25) is 5.88 Å². The molecule has 104 heavy (non-hydrogen) atoms. The molecule has 0 N–H and O–H groups in total. The molecular formula is C85H63Ir5N12OSi-5. The molecule has 12 heterocycles. The number of hydrogen-bond donors (Lipinski definition) is 0. The second-order valence-corrected chi connectivity index (χ2v) is 31.0. The van der Waals surface area contributed by atoms with Crippen LogP contribution in [0.25, 0.3) is 148 Å². The van der Waals surface area contributed by atoms with Gasteiger partial charge in [-0.15, -0.1) is 119 Å². The Balaban J connectivity index is 0.000000121. The number of rotatable bonds is 3. The molecule has 19 heteroatoms. The van der Waals surface area contributed by atoms with Crippen LogP contribution in [0.4, 0.5) is 0 Å². The summed E-state index contributed by atoms with van der Waals surface area (Å²) in [6.45, 7) is 13.7. The standard InChI is InChI=1S/C21H16N3.C18H17N2Si.C16H11N2O.C16H11N2.C14H8N3.5Ir/c1-13(2)14-7-8-19-17(11-14)15-5-3-4-6-16(15)21-23-18-9-10-22-12-20(18)24(19)21;1-21(2,3)16-10-6-9-14-13-7-4-5-8-15(13)18-19-11-12-20(18)17(14)16;1-19-15-10-18-14-9-5-4-7-12(14)11-6-2-3-8-13(11)16(18)17-15;1-11-10-17-16-14-8-3-2-6-12(14)13-7-4-5-9-15(13)18(11)16;1-2-5-11-10(4-1)12-6-3-7-15-13(12)17-9-8-16-14(11)17;;;;;/h3-5,7-13H,1-2H3;4-7,9-12H,1-3H3;2-7,9-10H,1H3;2-7,9-10H,1H3;1-8H;;;;;/q5*-1;;;;;. The van der Waals surface area contributed by atoms with E-state index < -0.39 is 8.07 Å². The van der Waals surface area contributed by atoms with Crippen molar-refractivity contribution in [2.75, 3.05) is 7.11 Å². The number of benzene rings is 9. The first-order valence-electron chi connectivity index (χ1n) is 33.1. The molecule has 0 atom stereocenters. The fourth-order valence-corrected chi connectivity index (χ4v) is 15.8. The topological polar surface area (TPSA) is 122 Å². The summed E-state index contributed by atoms with van der Waals surface area (Å²) < 4.78 is 15.9. The molecule has 0 spiro atoms. The van der Waals surface area contributed by atoms with Crippen LogP contribution in [0.5, 0.6) is 5.88 Å². The van der Waals surface area contributed by atoms with E-state index in [9.17, 15) is 0 Å². The van der Waals surface area contributed by atoms with Crippen molar-refractivity contribution in [3.63, 3.8) is 0 Å². The van der Waals surface area contributed by atoms with Gasteiger partial charge in [-0.3, -0.25) is 19.9 Å². The molecule has 21 aromatic rings. The van der Waals surface area contributed by atoms with Crippen molar-refractivity contribution in [2.24, 2.45) is 0 Å². The first-order chi connectivity index (χ1) is 48.5. The summed E-state index contributed by atoms with van der Waals surface area (Å²) in [5.41, 5.74) is 14.9. The fraction of sp³-hybridized carbons (Fsp3) is 0.0941. The number of aryl methyl sites for hydroxylation is 1. The molecule has 21 rings (SSSR count). The summed E-state index contributed by atoms with van der Waals surface area (Å²) >= 11 is 0. The second-order valence-electron chi connectivity index (χ2n) is 26.0. The molecule has 0 aliphatic carbocycles. The average molecular weight is 2260 g/mol. The van der Waals surface area contributed by atoms with E-state index in [0.29, 0.717) is 11.8 Å². The van der Waals surface area contributed by atoms with Gasteiger partial charge < -0.3 is 36.7 Å². The van der Waals surface area contributed by atoms with Gasteiger partial charge in [0.25, 0.3) is 0 Å². The van der Waals surface area contributed by atoms with E-state index in [1.165, 1.54) is 70.3 Å². The average Bonchev–Trinajstić information content (AvgIpc) is 1.62. The zero-order chi connectivity index (χ0) is 67.0. The minimum atomic E-state index is -1.43. The van der Waals surface area contributed by atoms with E-state index in [2.05, 4.69) is 252 Å².